The highest BCUT2D eigenvalue weighted by atomic mass is 16.5. The number of hydrogen-bond donors (Lipinski definition) is 3. The third kappa shape index (κ3) is 2.78. The van der Waals surface area contributed by atoms with E-state index in [1.54, 1.807) is 6.07 Å². The summed E-state index contributed by atoms with van der Waals surface area (Å²) in [6, 6.07) is 4.56. The maximum absolute atomic E-state index is 11.8. The second-order valence-electron chi connectivity index (χ2n) is 4.62. The summed E-state index contributed by atoms with van der Waals surface area (Å²) < 4.78 is 4.91. The zero-order valence-corrected chi connectivity index (χ0v) is 10.8. The molecule has 2 rings (SSSR count). The van der Waals surface area contributed by atoms with Gasteiger partial charge in [-0.1, -0.05) is 13.0 Å². The van der Waals surface area contributed by atoms with Gasteiger partial charge in [-0.2, -0.15) is 0 Å². The number of rotatable bonds is 3. The molecule has 0 unspecified atom stereocenters. The Labute approximate surface area is 110 Å². The van der Waals surface area contributed by atoms with Gasteiger partial charge in [-0.3, -0.25) is 20.4 Å². The molecule has 102 valence electrons. The van der Waals surface area contributed by atoms with Crippen molar-refractivity contribution in [2.24, 2.45) is 11.8 Å². The summed E-state index contributed by atoms with van der Waals surface area (Å²) in [6.07, 6.45) is 0.839. The first-order chi connectivity index (χ1) is 9.04. The molecule has 0 aromatic heterocycles. The van der Waals surface area contributed by atoms with Crippen LogP contribution >= 0.6 is 0 Å². The van der Waals surface area contributed by atoms with Crippen LogP contribution in [0.4, 0.5) is 0 Å². The first-order valence-corrected chi connectivity index (χ1v) is 6.00. The van der Waals surface area contributed by atoms with E-state index < -0.39 is 5.91 Å². The summed E-state index contributed by atoms with van der Waals surface area (Å²) in [4.78, 5) is 23.4. The molecule has 0 saturated heterocycles. The summed E-state index contributed by atoms with van der Waals surface area (Å²) in [6.45, 7) is 1.97. The molecule has 0 aliphatic heterocycles. The predicted molar refractivity (Wildman–Crippen MR) is 67.5 cm³/mol. The standard InChI is InChI=1S/C13H16N2O4/c1-7-6-9(7)13(18)15-14-12(17)8-4-3-5-10(19-2)11(8)16/h3-5,7,9,16H,6H2,1-2H3,(H,14,17)(H,15,18)/t7-,9-/m1/s1. The van der Waals surface area contributed by atoms with Gasteiger partial charge in [0.05, 0.1) is 12.7 Å². The van der Waals surface area contributed by atoms with Gasteiger partial charge in [0.15, 0.2) is 11.5 Å². The van der Waals surface area contributed by atoms with E-state index in [1.165, 1.54) is 19.2 Å². The number of carbonyl (C=O) groups is 2. The number of ether oxygens (including phenoxy) is 1. The Morgan fingerprint density at radius 1 is 1.37 bits per heavy atom. The molecule has 0 heterocycles. The molecule has 1 aliphatic rings. The Kier molecular flexibility index (Phi) is 3.59. The molecule has 3 N–H and O–H groups in total. The number of phenolic OH excluding ortho intramolecular Hbond substituents is 1. The summed E-state index contributed by atoms with van der Waals surface area (Å²) in [7, 11) is 1.40. The van der Waals surface area contributed by atoms with Gasteiger partial charge in [0.2, 0.25) is 5.91 Å². The van der Waals surface area contributed by atoms with E-state index in [9.17, 15) is 14.7 Å². The van der Waals surface area contributed by atoms with Crippen molar-refractivity contribution in [2.75, 3.05) is 7.11 Å². The normalized spacial score (nSPS) is 20.5. The Morgan fingerprint density at radius 3 is 2.63 bits per heavy atom. The van der Waals surface area contributed by atoms with Gasteiger partial charge in [0, 0.05) is 5.92 Å². The largest absolute Gasteiger partial charge is 0.504 e. The number of hydrazine groups is 1. The Hall–Kier alpha value is -2.24. The molecule has 0 radical (unpaired) electrons. The highest BCUT2D eigenvalue weighted by molar-refractivity contribution is 5.98. The minimum absolute atomic E-state index is 0.0285. The number of carbonyl (C=O) groups excluding carboxylic acids is 2. The number of nitrogens with one attached hydrogen (secondary N) is 2. The molecule has 1 aromatic rings. The molecule has 6 heteroatoms. The molecule has 1 aromatic carbocycles. The molecule has 1 fully saturated rings. The summed E-state index contributed by atoms with van der Waals surface area (Å²) in [5.41, 5.74) is 4.67. The smallest absolute Gasteiger partial charge is 0.273 e. The first kappa shape index (κ1) is 13.2. The van der Waals surface area contributed by atoms with Crippen molar-refractivity contribution in [3.63, 3.8) is 0 Å². The highest BCUT2D eigenvalue weighted by Crippen LogP contribution is 2.37. The lowest BCUT2D eigenvalue weighted by molar-refractivity contribution is -0.123. The van der Waals surface area contributed by atoms with Crippen LogP contribution < -0.4 is 15.6 Å². The Morgan fingerprint density at radius 2 is 2.05 bits per heavy atom. The number of amides is 2. The van der Waals surface area contributed by atoms with Crippen LogP contribution in [0.3, 0.4) is 0 Å². The van der Waals surface area contributed by atoms with E-state index in [0.717, 1.165) is 6.42 Å². The van der Waals surface area contributed by atoms with Gasteiger partial charge in [0.1, 0.15) is 0 Å². The number of benzene rings is 1. The van der Waals surface area contributed by atoms with Gasteiger partial charge >= 0.3 is 0 Å². The lowest BCUT2D eigenvalue weighted by atomic mass is 10.2. The van der Waals surface area contributed by atoms with Gasteiger partial charge in [-0.05, 0) is 24.5 Å². The predicted octanol–water partition coefficient (Wildman–Crippen LogP) is 0.818. The van der Waals surface area contributed by atoms with Crippen molar-refractivity contribution >= 4 is 11.8 Å². The summed E-state index contributed by atoms with van der Waals surface area (Å²) in [5.74, 6) is -0.506. The van der Waals surface area contributed by atoms with E-state index in [4.69, 9.17) is 4.74 Å². The molecule has 1 saturated carbocycles. The number of phenols is 1. The third-order valence-corrected chi connectivity index (χ3v) is 3.21. The molecule has 0 spiro atoms. The molecular formula is C13H16N2O4. The van der Waals surface area contributed by atoms with Gasteiger partial charge in [-0.15, -0.1) is 0 Å². The van der Waals surface area contributed by atoms with Crippen molar-refractivity contribution < 1.29 is 19.4 Å². The van der Waals surface area contributed by atoms with Crippen LogP contribution in [0.1, 0.15) is 23.7 Å². The average Bonchev–Trinajstić information content (AvgIpc) is 3.13. The number of hydrogen-bond acceptors (Lipinski definition) is 4. The number of methoxy groups -OCH3 is 1. The van der Waals surface area contributed by atoms with Crippen LogP contribution in [0, 0.1) is 11.8 Å². The van der Waals surface area contributed by atoms with Crippen molar-refractivity contribution in [3.05, 3.63) is 23.8 Å². The highest BCUT2D eigenvalue weighted by Gasteiger charge is 2.39. The summed E-state index contributed by atoms with van der Waals surface area (Å²) >= 11 is 0. The van der Waals surface area contributed by atoms with E-state index in [0.29, 0.717) is 5.92 Å². The zero-order valence-electron chi connectivity index (χ0n) is 10.8. The lowest BCUT2D eigenvalue weighted by Crippen LogP contribution is -2.42. The average molecular weight is 264 g/mol. The van der Waals surface area contributed by atoms with Gasteiger partial charge < -0.3 is 9.84 Å². The van der Waals surface area contributed by atoms with Crippen molar-refractivity contribution in [3.8, 4) is 11.5 Å². The van der Waals surface area contributed by atoms with Crippen LogP contribution in [0.15, 0.2) is 18.2 Å². The quantitative estimate of drug-likeness (QED) is 0.705. The Bertz CT molecular complexity index is 515. The maximum Gasteiger partial charge on any atom is 0.273 e. The molecule has 19 heavy (non-hydrogen) atoms. The van der Waals surface area contributed by atoms with Crippen LogP contribution in [0.2, 0.25) is 0 Å². The molecule has 1 aliphatic carbocycles. The van der Waals surface area contributed by atoms with E-state index >= 15 is 0 Å². The monoisotopic (exact) mass is 264 g/mol. The second kappa shape index (κ2) is 5.17. The zero-order chi connectivity index (χ0) is 14.0. The minimum Gasteiger partial charge on any atom is -0.504 e. The van der Waals surface area contributed by atoms with E-state index in [1.807, 2.05) is 6.92 Å². The lowest BCUT2D eigenvalue weighted by Gasteiger charge is -2.10. The minimum atomic E-state index is -0.585. The SMILES string of the molecule is COc1cccc(C(=O)NNC(=O)[C@@H]2C[C@H]2C)c1O. The molecule has 6 nitrogen and oxygen atoms in total. The molecule has 0 bridgehead atoms. The maximum atomic E-state index is 11.8. The first-order valence-electron chi connectivity index (χ1n) is 6.00. The van der Waals surface area contributed by atoms with Crippen LogP contribution in [-0.4, -0.2) is 24.0 Å². The fourth-order valence-electron chi connectivity index (χ4n) is 1.84. The fraction of sp³-hybridized carbons (Fsp3) is 0.385. The topological polar surface area (TPSA) is 87.7 Å². The van der Waals surface area contributed by atoms with E-state index in [-0.39, 0.29) is 28.9 Å². The fourth-order valence-corrected chi connectivity index (χ4v) is 1.84. The third-order valence-electron chi connectivity index (χ3n) is 3.21. The number of aromatic hydroxyl groups is 1. The summed E-state index contributed by atoms with van der Waals surface area (Å²) in [5, 5.41) is 9.79. The van der Waals surface area contributed by atoms with Crippen LogP contribution in [0.5, 0.6) is 11.5 Å². The van der Waals surface area contributed by atoms with E-state index in [2.05, 4.69) is 10.9 Å². The van der Waals surface area contributed by atoms with Gasteiger partial charge in [0.25, 0.3) is 5.91 Å². The molecule has 2 atom stereocenters. The van der Waals surface area contributed by atoms with Crippen molar-refractivity contribution in [2.45, 2.75) is 13.3 Å². The molecular weight excluding hydrogens is 248 g/mol. The van der Waals surface area contributed by atoms with Crippen LogP contribution in [0.25, 0.3) is 0 Å². The number of para-hydroxylation sites is 1. The Balaban J connectivity index is 1.98. The van der Waals surface area contributed by atoms with Crippen molar-refractivity contribution in [1.29, 1.82) is 0 Å². The van der Waals surface area contributed by atoms with Crippen LogP contribution in [-0.2, 0) is 4.79 Å². The molecule has 2 amide bonds. The van der Waals surface area contributed by atoms with Crippen molar-refractivity contribution in [1.82, 2.24) is 10.9 Å². The van der Waals surface area contributed by atoms with Gasteiger partial charge in [-0.25, -0.2) is 0 Å². The second-order valence-corrected chi connectivity index (χ2v) is 4.62.